The summed E-state index contributed by atoms with van der Waals surface area (Å²) in [4.78, 5) is 11.6. The molecule has 0 aliphatic rings. The minimum absolute atomic E-state index is 0.108. The predicted octanol–water partition coefficient (Wildman–Crippen LogP) is 1.27. The van der Waals surface area contributed by atoms with Crippen molar-refractivity contribution in [3.8, 4) is 0 Å². The van der Waals surface area contributed by atoms with E-state index in [1.165, 1.54) is 13.2 Å². The number of amides is 1. The standard InChI is InChI=1S/C14H20FNO3/c1-14(18,10-19-2)9-16-13(17)8-7-11-5-3-4-6-12(11)15/h3-6,18H,7-10H2,1-2H3,(H,16,17)/t14-/m1/s1. The smallest absolute Gasteiger partial charge is 0.220 e. The van der Waals surface area contributed by atoms with E-state index in [0.717, 1.165) is 0 Å². The Morgan fingerprint density at radius 1 is 1.47 bits per heavy atom. The normalized spacial score (nSPS) is 13.9. The molecule has 1 rings (SSSR count). The van der Waals surface area contributed by atoms with E-state index in [4.69, 9.17) is 4.74 Å². The fourth-order valence-corrected chi connectivity index (χ4v) is 1.69. The maximum atomic E-state index is 13.3. The molecule has 1 atom stereocenters. The molecule has 1 aromatic carbocycles. The van der Waals surface area contributed by atoms with Gasteiger partial charge in [0.05, 0.1) is 6.61 Å². The Morgan fingerprint density at radius 2 is 2.16 bits per heavy atom. The first-order valence-electron chi connectivity index (χ1n) is 6.16. The number of hydrogen-bond donors (Lipinski definition) is 2. The summed E-state index contributed by atoms with van der Waals surface area (Å²) in [6.45, 7) is 1.82. The molecule has 1 amide bonds. The van der Waals surface area contributed by atoms with Gasteiger partial charge in [0, 0.05) is 20.1 Å². The molecule has 0 saturated carbocycles. The second-order valence-corrected chi connectivity index (χ2v) is 4.80. The van der Waals surface area contributed by atoms with E-state index in [1.807, 2.05) is 0 Å². The summed E-state index contributed by atoms with van der Waals surface area (Å²) in [5.41, 5.74) is -0.580. The maximum Gasteiger partial charge on any atom is 0.220 e. The number of carbonyl (C=O) groups excluding carboxylic acids is 1. The lowest BCUT2D eigenvalue weighted by Gasteiger charge is -2.22. The van der Waals surface area contributed by atoms with Crippen molar-refractivity contribution < 1.29 is 19.0 Å². The number of nitrogens with one attached hydrogen (secondary N) is 1. The number of hydrogen-bond acceptors (Lipinski definition) is 3. The van der Waals surface area contributed by atoms with Crippen molar-refractivity contribution in [3.63, 3.8) is 0 Å². The van der Waals surface area contributed by atoms with Gasteiger partial charge in [-0.15, -0.1) is 0 Å². The number of carbonyl (C=O) groups is 1. The van der Waals surface area contributed by atoms with E-state index in [9.17, 15) is 14.3 Å². The molecule has 2 N–H and O–H groups in total. The van der Waals surface area contributed by atoms with Gasteiger partial charge >= 0.3 is 0 Å². The molecule has 1 aromatic rings. The Bertz CT molecular complexity index is 421. The predicted molar refractivity (Wildman–Crippen MR) is 70.2 cm³/mol. The number of ether oxygens (including phenoxy) is 1. The first-order chi connectivity index (χ1) is 8.94. The third-order valence-corrected chi connectivity index (χ3v) is 2.70. The third-order valence-electron chi connectivity index (χ3n) is 2.70. The molecule has 106 valence electrons. The molecule has 0 spiro atoms. The number of halogens is 1. The largest absolute Gasteiger partial charge is 0.386 e. The Hall–Kier alpha value is -1.46. The number of methoxy groups -OCH3 is 1. The molecule has 0 radical (unpaired) electrons. The van der Waals surface area contributed by atoms with E-state index < -0.39 is 5.60 Å². The van der Waals surface area contributed by atoms with E-state index >= 15 is 0 Å². The van der Waals surface area contributed by atoms with Crippen LogP contribution in [0.4, 0.5) is 4.39 Å². The Morgan fingerprint density at radius 3 is 2.79 bits per heavy atom. The van der Waals surface area contributed by atoms with Crippen LogP contribution in [0, 0.1) is 5.82 Å². The van der Waals surface area contributed by atoms with Gasteiger partial charge in [-0.25, -0.2) is 4.39 Å². The summed E-state index contributed by atoms with van der Waals surface area (Å²) in [5.74, 6) is -0.527. The summed E-state index contributed by atoms with van der Waals surface area (Å²) in [7, 11) is 1.48. The van der Waals surface area contributed by atoms with Crippen LogP contribution in [-0.4, -0.2) is 36.9 Å². The van der Waals surface area contributed by atoms with Gasteiger partial charge < -0.3 is 15.2 Å². The molecule has 0 saturated heterocycles. The molecule has 4 nitrogen and oxygen atoms in total. The quantitative estimate of drug-likeness (QED) is 0.783. The van der Waals surface area contributed by atoms with Crippen LogP contribution >= 0.6 is 0 Å². The summed E-state index contributed by atoms with van der Waals surface area (Å²) in [6, 6.07) is 6.38. The maximum absolute atomic E-state index is 13.3. The minimum atomic E-state index is -1.09. The molecule has 0 unspecified atom stereocenters. The molecule has 0 bridgehead atoms. The van der Waals surface area contributed by atoms with Gasteiger partial charge in [0.2, 0.25) is 5.91 Å². The van der Waals surface area contributed by atoms with Crippen LogP contribution in [0.1, 0.15) is 18.9 Å². The fraction of sp³-hybridized carbons (Fsp3) is 0.500. The molecule has 0 fully saturated rings. The summed E-state index contributed by atoms with van der Waals surface area (Å²) in [5, 5.41) is 12.4. The zero-order valence-electron chi connectivity index (χ0n) is 11.3. The fourth-order valence-electron chi connectivity index (χ4n) is 1.69. The number of rotatable bonds is 7. The highest BCUT2D eigenvalue weighted by molar-refractivity contribution is 5.76. The highest BCUT2D eigenvalue weighted by Crippen LogP contribution is 2.09. The van der Waals surface area contributed by atoms with Crippen LogP contribution in [0.3, 0.4) is 0 Å². The van der Waals surface area contributed by atoms with Crippen molar-refractivity contribution in [3.05, 3.63) is 35.6 Å². The van der Waals surface area contributed by atoms with Crippen LogP contribution in [-0.2, 0) is 16.0 Å². The molecule has 0 aliphatic heterocycles. The molecule has 0 heterocycles. The van der Waals surface area contributed by atoms with Crippen molar-refractivity contribution in [1.82, 2.24) is 5.32 Å². The van der Waals surface area contributed by atoms with Crippen LogP contribution in [0.2, 0.25) is 0 Å². The van der Waals surface area contributed by atoms with Crippen LogP contribution in [0.15, 0.2) is 24.3 Å². The number of aryl methyl sites for hydroxylation is 1. The highest BCUT2D eigenvalue weighted by Gasteiger charge is 2.20. The summed E-state index contributed by atoms with van der Waals surface area (Å²) >= 11 is 0. The SMILES string of the molecule is COC[C@](C)(O)CNC(=O)CCc1ccccc1F. The van der Waals surface area contributed by atoms with Gasteiger partial charge in [-0.3, -0.25) is 4.79 Å². The Labute approximate surface area is 112 Å². The van der Waals surface area contributed by atoms with Crippen molar-refractivity contribution in [2.45, 2.75) is 25.4 Å². The summed E-state index contributed by atoms with van der Waals surface area (Å²) < 4.78 is 18.2. The topological polar surface area (TPSA) is 58.6 Å². The van der Waals surface area contributed by atoms with Crippen LogP contribution < -0.4 is 5.32 Å². The Kier molecular flexibility index (Phi) is 5.92. The van der Waals surface area contributed by atoms with Gasteiger partial charge in [0.25, 0.3) is 0 Å². The van der Waals surface area contributed by atoms with Gasteiger partial charge in [-0.2, -0.15) is 0 Å². The molecule has 0 aromatic heterocycles. The van der Waals surface area contributed by atoms with E-state index in [-0.39, 0.29) is 31.3 Å². The molecular weight excluding hydrogens is 249 g/mol. The van der Waals surface area contributed by atoms with Gasteiger partial charge in [-0.1, -0.05) is 18.2 Å². The lowest BCUT2D eigenvalue weighted by molar-refractivity contribution is -0.122. The van der Waals surface area contributed by atoms with Crippen molar-refractivity contribution in [2.24, 2.45) is 0 Å². The van der Waals surface area contributed by atoms with Gasteiger partial charge in [0.15, 0.2) is 0 Å². The average molecular weight is 269 g/mol. The first kappa shape index (κ1) is 15.6. The zero-order chi connectivity index (χ0) is 14.3. The first-order valence-corrected chi connectivity index (χ1v) is 6.16. The highest BCUT2D eigenvalue weighted by atomic mass is 19.1. The van der Waals surface area contributed by atoms with Crippen LogP contribution in [0.25, 0.3) is 0 Å². The minimum Gasteiger partial charge on any atom is -0.386 e. The number of aliphatic hydroxyl groups is 1. The van der Waals surface area contributed by atoms with E-state index in [2.05, 4.69) is 5.32 Å². The van der Waals surface area contributed by atoms with Crippen molar-refractivity contribution in [1.29, 1.82) is 0 Å². The molecule has 5 heteroatoms. The van der Waals surface area contributed by atoms with Crippen LogP contribution in [0.5, 0.6) is 0 Å². The van der Waals surface area contributed by atoms with Gasteiger partial charge in [0.1, 0.15) is 11.4 Å². The Balaban J connectivity index is 2.35. The third kappa shape index (κ3) is 5.81. The lowest BCUT2D eigenvalue weighted by atomic mass is 10.1. The molecular formula is C14H20FNO3. The number of benzene rings is 1. The second-order valence-electron chi connectivity index (χ2n) is 4.80. The van der Waals surface area contributed by atoms with Gasteiger partial charge in [-0.05, 0) is 25.0 Å². The monoisotopic (exact) mass is 269 g/mol. The zero-order valence-corrected chi connectivity index (χ0v) is 11.3. The second kappa shape index (κ2) is 7.21. The van der Waals surface area contributed by atoms with E-state index in [0.29, 0.717) is 12.0 Å². The van der Waals surface area contributed by atoms with E-state index in [1.54, 1.807) is 25.1 Å². The molecule has 19 heavy (non-hydrogen) atoms. The summed E-state index contributed by atoms with van der Waals surface area (Å²) in [6.07, 6.45) is 0.523. The van der Waals surface area contributed by atoms with Crippen molar-refractivity contribution in [2.75, 3.05) is 20.3 Å². The molecule has 0 aliphatic carbocycles. The average Bonchev–Trinajstić information content (AvgIpc) is 2.35. The lowest BCUT2D eigenvalue weighted by Crippen LogP contribution is -2.43. The van der Waals surface area contributed by atoms with Crippen molar-refractivity contribution >= 4 is 5.91 Å².